The van der Waals surface area contributed by atoms with Crippen LogP contribution >= 0.6 is 7.60 Å². The molecule has 0 saturated heterocycles. The second-order valence-corrected chi connectivity index (χ2v) is 32.8. The Morgan fingerprint density at radius 1 is 0.912 bits per heavy atom. The Labute approximate surface area is 352 Å². The predicted molar refractivity (Wildman–Crippen MR) is 244 cm³/mol. The summed E-state index contributed by atoms with van der Waals surface area (Å²) in [6.07, 6.45) is 9.94. The Morgan fingerprint density at radius 2 is 1.46 bits per heavy atom. The van der Waals surface area contributed by atoms with Crippen LogP contribution in [0.3, 0.4) is 0 Å². The van der Waals surface area contributed by atoms with Gasteiger partial charge in [-0.1, -0.05) is 92.5 Å². The summed E-state index contributed by atoms with van der Waals surface area (Å²) in [7, 11) is -7.57. The molecule has 1 heterocycles. The van der Waals surface area contributed by atoms with E-state index in [9.17, 15) is 9.36 Å². The number of Topliss-reactive ketones (excluding diaryl/α,β-unsaturated/α-hetero) is 1. The van der Waals surface area contributed by atoms with E-state index in [2.05, 4.69) is 108 Å². The number of hydrogen-bond acceptors (Lipinski definition) is 8. The van der Waals surface area contributed by atoms with E-state index >= 15 is 0 Å². The summed E-state index contributed by atoms with van der Waals surface area (Å²) in [5.74, 6) is -0.182. The topological polar surface area (TPSA) is 89.5 Å². The van der Waals surface area contributed by atoms with Gasteiger partial charge in [0.2, 0.25) is 11.6 Å². The van der Waals surface area contributed by atoms with Crippen LogP contribution in [0.1, 0.15) is 163 Å². The monoisotopic (exact) mass is 855 g/mol. The fourth-order valence-corrected chi connectivity index (χ4v) is 18.0. The van der Waals surface area contributed by atoms with Crippen LogP contribution in [-0.4, -0.2) is 66.4 Å². The molecule has 2 aliphatic rings. The molecule has 4 atom stereocenters. The van der Waals surface area contributed by atoms with E-state index in [1.54, 1.807) is 0 Å². The maximum absolute atomic E-state index is 14.4. The zero-order valence-electron chi connectivity index (χ0n) is 40.1. The Hall–Kier alpha value is -0.846. The molecule has 0 fully saturated rings. The molecule has 2 rings (SSSR count). The number of ether oxygens (including phenoxy) is 2. The summed E-state index contributed by atoms with van der Waals surface area (Å²) in [4.78, 5) is 14.4. The zero-order valence-corrected chi connectivity index (χ0v) is 43.0. The highest BCUT2D eigenvalue weighted by Gasteiger charge is 2.54. The molecule has 2 unspecified atom stereocenters. The van der Waals surface area contributed by atoms with Crippen molar-refractivity contribution in [3.8, 4) is 0 Å². The Kier molecular flexibility index (Phi) is 19.5. The lowest BCUT2D eigenvalue weighted by Gasteiger charge is -2.43. The highest BCUT2D eigenvalue weighted by molar-refractivity contribution is 7.54. The van der Waals surface area contributed by atoms with E-state index in [0.717, 1.165) is 37.7 Å². The van der Waals surface area contributed by atoms with E-state index in [0.29, 0.717) is 61.7 Å². The highest BCUT2D eigenvalue weighted by Crippen LogP contribution is 2.56. The second-order valence-electron chi connectivity index (χ2n) is 20.1. The van der Waals surface area contributed by atoms with Crippen molar-refractivity contribution in [3.63, 3.8) is 0 Å². The van der Waals surface area contributed by atoms with Gasteiger partial charge < -0.3 is 27.4 Å². The number of carbonyl (C=O) groups is 1. The summed E-state index contributed by atoms with van der Waals surface area (Å²) in [6.45, 7) is 43.0. The van der Waals surface area contributed by atoms with E-state index < -0.39 is 35.4 Å². The lowest BCUT2D eigenvalue weighted by Crippen LogP contribution is -2.48. The van der Waals surface area contributed by atoms with Crippen molar-refractivity contribution in [1.29, 1.82) is 0 Å². The van der Waals surface area contributed by atoms with Crippen LogP contribution in [0.25, 0.3) is 0 Å². The highest BCUT2D eigenvalue weighted by atomic mass is 31.2. The number of ketones is 1. The van der Waals surface area contributed by atoms with Crippen molar-refractivity contribution in [3.05, 3.63) is 34.6 Å². The Balaban J connectivity index is 2.26. The summed E-state index contributed by atoms with van der Waals surface area (Å²) in [5, 5.41) is 0.0182. The molecule has 1 aliphatic carbocycles. The molecule has 0 aromatic carbocycles. The van der Waals surface area contributed by atoms with Crippen molar-refractivity contribution in [2.45, 2.75) is 215 Å². The van der Waals surface area contributed by atoms with Gasteiger partial charge >= 0.3 is 7.60 Å². The number of allylic oxidation sites excluding steroid dienone is 5. The van der Waals surface area contributed by atoms with Crippen LogP contribution in [0.4, 0.5) is 0 Å². The third-order valence-electron chi connectivity index (χ3n) is 13.5. The Bertz CT molecular complexity index is 1420. The molecule has 0 amide bonds. The van der Waals surface area contributed by atoms with Crippen LogP contribution in [-0.2, 0) is 36.7 Å². The first-order valence-electron chi connectivity index (χ1n) is 22.3. The van der Waals surface area contributed by atoms with Gasteiger partial charge in [-0.25, -0.2) is 0 Å². The standard InChI is InChI=1S/C46H87O8PSi2/c1-20-50-55(48,51-21-2)38(11)41(54-56(18,19)44(12,13)14)26-25-36(9)23-22-24-37(10)27-30-46(17)40(29-32-52-57(33(3)4,34(5)6)35(7)8)39-28-31-49-45(15,16)53-42(39)43(46)47/h23,27,33-35,38,40-41H,20-22,24-26,28-32H2,1-19H3/b36-23+,37-27+/t38?,40-,41?,46+/m1/s1. The zero-order chi connectivity index (χ0) is 43.8. The van der Waals surface area contributed by atoms with Gasteiger partial charge in [-0.15, -0.1) is 0 Å². The van der Waals surface area contributed by atoms with E-state index in [1.165, 1.54) is 11.1 Å². The van der Waals surface area contributed by atoms with Gasteiger partial charge in [0, 0.05) is 25.9 Å². The van der Waals surface area contributed by atoms with Gasteiger partial charge in [-0.2, -0.15) is 0 Å². The fourth-order valence-electron chi connectivity index (χ4n) is 9.07. The van der Waals surface area contributed by atoms with Gasteiger partial charge in [0.05, 0.1) is 31.6 Å². The lowest BCUT2D eigenvalue weighted by atomic mass is 9.71. The van der Waals surface area contributed by atoms with E-state index in [4.69, 9.17) is 27.4 Å². The predicted octanol–water partition coefficient (Wildman–Crippen LogP) is 14.1. The third kappa shape index (κ3) is 13.1. The minimum Gasteiger partial charge on any atom is -0.459 e. The Morgan fingerprint density at radius 3 is 1.96 bits per heavy atom. The molecule has 0 N–H and O–H groups in total. The van der Waals surface area contributed by atoms with Gasteiger partial charge in [-0.05, 0) is 126 Å². The molecule has 1 aliphatic heterocycles. The van der Waals surface area contributed by atoms with Crippen molar-refractivity contribution in [2.75, 3.05) is 26.4 Å². The number of rotatable bonds is 23. The largest absolute Gasteiger partial charge is 0.459 e. The summed E-state index contributed by atoms with van der Waals surface area (Å²) >= 11 is 0. The van der Waals surface area contributed by atoms with Crippen LogP contribution in [0, 0.1) is 11.3 Å². The quantitative estimate of drug-likeness (QED) is 0.0570. The van der Waals surface area contributed by atoms with Crippen LogP contribution in [0.15, 0.2) is 34.6 Å². The normalized spacial score (nSPS) is 22.7. The number of carbonyl (C=O) groups excluding carboxylic acids is 1. The molecular weight excluding hydrogens is 768 g/mol. The summed E-state index contributed by atoms with van der Waals surface area (Å²) in [5.41, 5.74) is 4.20. The minimum absolute atomic E-state index is 0.0182. The van der Waals surface area contributed by atoms with Crippen molar-refractivity contribution in [2.24, 2.45) is 11.3 Å². The van der Waals surface area contributed by atoms with Gasteiger partial charge in [0.15, 0.2) is 22.4 Å². The second kappa shape index (κ2) is 21.3. The minimum atomic E-state index is -3.35. The van der Waals surface area contributed by atoms with Crippen molar-refractivity contribution >= 4 is 30.0 Å². The van der Waals surface area contributed by atoms with Crippen molar-refractivity contribution < 1.29 is 36.7 Å². The van der Waals surface area contributed by atoms with Crippen LogP contribution in [0.5, 0.6) is 0 Å². The van der Waals surface area contributed by atoms with Crippen molar-refractivity contribution in [1.82, 2.24) is 0 Å². The molecule has 0 radical (unpaired) electrons. The van der Waals surface area contributed by atoms with Gasteiger partial charge in [0.25, 0.3) is 0 Å². The first-order valence-corrected chi connectivity index (χ1v) is 28.9. The van der Waals surface area contributed by atoms with Gasteiger partial charge in [-0.3, -0.25) is 9.36 Å². The molecule has 11 heteroatoms. The van der Waals surface area contributed by atoms with E-state index in [1.807, 2.05) is 34.6 Å². The fraction of sp³-hybridized carbons (Fsp3) is 0.848. The average molecular weight is 855 g/mol. The molecule has 0 bridgehead atoms. The maximum atomic E-state index is 14.4. The van der Waals surface area contributed by atoms with Crippen LogP contribution in [0.2, 0.25) is 34.8 Å². The number of hydrogen-bond donors (Lipinski definition) is 0. The first kappa shape index (κ1) is 52.3. The molecule has 8 nitrogen and oxygen atoms in total. The molecule has 0 spiro atoms. The smallest absolute Gasteiger partial charge is 0.335 e. The average Bonchev–Trinajstić information content (AvgIpc) is 3.17. The third-order valence-corrected chi connectivity index (χ3v) is 26.7. The molecule has 0 aromatic rings. The maximum Gasteiger partial charge on any atom is 0.335 e. The molecular formula is C46H87O8PSi2. The van der Waals surface area contributed by atoms with E-state index in [-0.39, 0.29) is 28.5 Å². The van der Waals surface area contributed by atoms with Crippen LogP contribution < -0.4 is 0 Å². The lowest BCUT2D eigenvalue weighted by molar-refractivity contribution is -0.188. The SMILES string of the molecule is CCOP(=O)(OCC)C(C)C(CC/C(C)=C/CC/C(C)=C/C[C@]1(C)C(=O)C2=C(CCOC(C)(C)O2)[C@H]1CCO[Si](C(C)C)(C(C)C)C(C)C)O[Si](C)(C)C(C)(C)C. The summed E-state index contributed by atoms with van der Waals surface area (Å²) < 4.78 is 51.9. The molecule has 0 aromatic heterocycles. The molecule has 0 saturated carbocycles. The molecule has 57 heavy (non-hydrogen) atoms. The van der Waals surface area contributed by atoms with Gasteiger partial charge in [0.1, 0.15) is 0 Å². The summed E-state index contributed by atoms with van der Waals surface area (Å²) in [6, 6.07) is 0. The molecule has 332 valence electrons. The first-order chi connectivity index (χ1) is 26.2.